The maximum Gasteiger partial charge on any atom is 0.00539 e. The van der Waals surface area contributed by atoms with E-state index in [1.54, 1.807) is 51.4 Å². The second-order valence-corrected chi connectivity index (χ2v) is 12.2. The molecule has 4 heteroatoms. The molecular weight excluding hydrogens is 523 g/mol. The molecule has 0 spiro atoms. The van der Waals surface area contributed by atoms with Gasteiger partial charge in [-0.15, -0.1) is 56.9 Å². The van der Waals surface area contributed by atoms with E-state index in [4.69, 9.17) is 0 Å². The van der Waals surface area contributed by atoms with Crippen molar-refractivity contribution in [3.8, 4) is 11.1 Å². The molecule has 4 bridgehead atoms. The molecule has 32 heavy (non-hydrogen) atoms. The van der Waals surface area contributed by atoms with Crippen molar-refractivity contribution in [1.82, 2.24) is 0 Å². The molecule has 0 heterocycles. The summed E-state index contributed by atoms with van der Waals surface area (Å²) in [5, 5.41) is 0. The van der Waals surface area contributed by atoms with Gasteiger partial charge in [0.2, 0.25) is 0 Å². The van der Waals surface area contributed by atoms with Crippen LogP contribution in [0.4, 0.5) is 5.69 Å². The summed E-state index contributed by atoms with van der Waals surface area (Å²) in [4.78, 5) is 2.12. The van der Waals surface area contributed by atoms with E-state index in [0.717, 1.165) is 5.56 Å². The third-order valence-corrected chi connectivity index (χ3v) is 10.6. The first-order valence-electron chi connectivity index (χ1n) is 12.2. The molecule has 6 unspecified atom stereocenters. The predicted octanol–water partition coefficient (Wildman–Crippen LogP) is 7.68. The number of anilines is 1. The Hall–Kier alpha value is -0.378. The molecule has 0 aromatic heterocycles. The van der Waals surface area contributed by atoms with E-state index in [2.05, 4.69) is 55.4 Å². The summed E-state index contributed by atoms with van der Waals surface area (Å²) in [6.07, 6.45) is 12.9. The Morgan fingerprint density at radius 1 is 0.781 bits per heavy atom. The zero-order valence-electron chi connectivity index (χ0n) is 19.4. The molecule has 2 aromatic carbocycles. The first-order chi connectivity index (χ1) is 14.7. The van der Waals surface area contributed by atoms with E-state index in [1.807, 2.05) is 18.2 Å². The summed E-state index contributed by atoms with van der Waals surface area (Å²) in [5.74, 6) is 4.72. The summed E-state index contributed by atoms with van der Waals surface area (Å²) in [6, 6.07) is 19.7. The van der Waals surface area contributed by atoms with Crippen molar-refractivity contribution in [3.63, 3.8) is 0 Å². The van der Waals surface area contributed by atoms with Gasteiger partial charge in [-0.2, -0.15) is 0 Å². The Labute approximate surface area is 217 Å². The monoisotopic (exact) mass is 560 g/mol. The number of para-hydroxylation sites is 1. The van der Waals surface area contributed by atoms with Gasteiger partial charge in [-0.1, -0.05) is 36.6 Å². The van der Waals surface area contributed by atoms with Crippen LogP contribution in [0.3, 0.4) is 0 Å². The van der Waals surface area contributed by atoms with Gasteiger partial charge in [0, 0.05) is 40.2 Å². The summed E-state index contributed by atoms with van der Waals surface area (Å²) in [5.41, 5.74) is 5.99. The molecule has 6 atom stereocenters. The third-order valence-electron chi connectivity index (χ3n) is 8.29. The summed E-state index contributed by atoms with van der Waals surface area (Å²) in [7, 11) is 5.49. The van der Waals surface area contributed by atoms with E-state index in [9.17, 15) is 0 Å². The zero-order valence-corrected chi connectivity index (χ0v) is 22.8. The number of halogens is 1. The molecule has 6 rings (SSSR count). The largest absolute Gasteiger partial charge is 0.385 e. The molecule has 2 aromatic rings. The van der Waals surface area contributed by atoms with Gasteiger partial charge in [-0.25, -0.2) is 0 Å². The standard InChI is InChI=1S/C14H14N.C14H23P.ClH.Pd/c1-15(2)14-11-7-6-10-13(14)12-8-4-3-5-9-12;1-3-11-5-9(1)7-13(11)15-14-8-10-2-4-12(14)6-10;;/h3-8,10-11H,1-2H3;9-15H,1-8H2;1H;/q-1;;;. The van der Waals surface area contributed by atoms with Crippen LogP contribution in [0.2, 0.25) is 0 Å². The van der Waals surface area contributed by atoms with Crippen LogP contribution in [0.25, 0.3) is 11.1 Å². The molecule has 4 aliphatic rings. The van der Waals surface area contributed by atoms with Crippen molar-refractivity contribution in [2.24, 2.45) is 23.7 Å². The fraction of sp³-hybridized carbons (Fsp3) is 0.571. The average molecular weight is 561 g/mol. The van der Waals surface area contributed by atoms with Gasteiger partial charge >= 0.3 is 0 Å². The van der Waals surface area contributed by atoms with Gasteiger partial charge < -0.3 is 4.90 Å². The Morgan fingerprint density at radius 2 is 1.38 bits per heavy atom. The van der Waals surface area contributed by atoms with E-state index >= 15 is 0 Å². The first kappa shape index (κ1) is 26.2. The van der Waals surface area contributed by atoms with E-state index < -0.39 is 0 Å². The molecule has 178 valence electrons. The van der Waals surface area contributed by atoms with Crippen molar-refractivity contribution in [3.05, 3.63) is 54.6 Å². The van der Waals surface area contributed by atoms with Crippen LogP contribution in [-0.2, 0) is 20.4 Å². The summed E-state index contributed by atoms with van der Waals surface area (Å²) >= 11 is 0. The second kappa shape index (κ2) is 11.8. The number of nitrogens with zero attached hydrogens (tertiary/aromatic N) is 1. The Morgan fingerprint density at radius 3 is 1.84 bits per heavy atom. The number of hydrogen-bond acceptors (Lipinski definition) is 1. The van der Waals surface area contributed by atoms with Crippen molar-refractivity contribution < 1.29 is 20.4 Å². The van der Waals surface area contributed by atoms with Crippen molar-refractivity contribution in [2.75, 3.05) is 19.0 Å². The normalized spacial score (nSPS) is 31.7. The Bertz CT molecular complexity index is 818. The minimum absolute atomic E-state index is 0. The minimum atomic E-state index is 0. The Balaban J connectivity index is 0.000000170. The topological polar surface area (TPSA) is 3.24 Å². The van der Waals surface area contributed by atoms with Crippen LogP contribution in [-0.4, -0.2) is 25.4 Å². The van der Waals surface area contributed by atoms with Crippen LogP contribution in [0.5, 0.6) is 0 Å². The van der Waals surface area contributed by atoms with Gasteiger partial charge in [-0.05, 0) is 79.6 Å². The first-order valence-corrected chi connectivity index (χ1v) is 13.3. The molecule has 1 nitrogen and oxygen atoms in total. The van der Waals surface area contributed by atoms with Crippen molar-refractivity contribution >= 4 is 26.7 Å². The average Bonchev–Trinajstić information content (AvgIpc) is 3.57. The predicted molar refractivity (Wildman–Crippen MR) is 139 cm³/mol. The number of hydrogen-bond donors (Lipinski definition) is 0. The van der Waals surface area contributed by atoms with Crippen molar-refractivity contribution in [2.45, 2.75) is 62.7 Å². The molecule has 4 aliphatic carbocycles. The van der Waals surface area contributed by atoms with Crippen LogP contribution < -0.4 is 4.90 Å². The maximum absolute atomic E-state index is 3.25. The van der Waals surface area contributed by atoms with E-state index in [1.165, 1.54) is 54.8 Å². The van der Waals surface area contributed by atoms with Crippen LogP contribution in [0.1, 0.15) is 51.4 Å². The number of fused-ring (bicyclic) bond motifs is 4. The molecule has 0 radical (unpaired) electrons. The SMILES string of the molecule is C1CC2CC1CC2PC1CC2CCC1C2.CN(C)c1ccccc1-c1[c-]cccc1.Cl.[Pd]. The molecule has 0 aliphatic heterocycles. The number of benzene rings is 2. The van der Waals surface area contributed by atoms with E-state index in [-0.39, 0.29) is 32.8 Å². The third kappa shape index (κ3) is 5.81. The molecule has 4 saturated carbocycles. The summed E-state index contributed by atoms with van der Waals surface area (Å²) < 4.78 is 0. The fourth-order valence-corrected chi connectivity index (χ4v) is 9.46. The molecular formula is C28H38ClNPPd-. The van der Waals surface area contributed by atoms with Gasteiger partial charge in [0.1, 0.15) is 0 Å². The zero-order chi connectivity index (χ0) is 20.5. The number of rotatable bonds is 4. The fourth-order valence-electron chi connectivity index (χ4n) is 6.82. The second-order valence-electron chi connectivity index (χ2n) is 10.4. The molecule has 0 amide bonds. The van der Waals surface area contributed by atoms with Gasteiger partial charge in [0.05, 0.1) is 0 Å². The molecule has 0 saturated heterocycles. The quantitative estimate of drug-likeness (QED) is 0.210. The summed E-state index contributed by atoms with van der Waals surface area (Å²) in [6.45, 7) is 0. The van der Waals surface area contributed by atoms with Gasteiger partial charge in [-0.3, -0.25) is 0 Å². The van der Waals surface area contributed by atoms with Crippen molar-refractivity contribution in [1.29, 1.82) is 0 Å². The van der Waals surface area contributed by atoms with Gasteiger partial charge in [0.25, 0.3) is 0 Å². The minimum Gasteiger partial charge on any atom is -0.385 e. The van der Waals surface area contributed by atoms with Crippen LogP contribution >= 0.6 is 21.0 Å². The maximum atomic E-state index is 3.25. The molecule has 4 fully saturated rings. The van der Waals surface area contributed by atoms with Gasteiger partial charge in [0.15, 0.2) is 0 Å². The smallest absolute Gasteiger partial charge is 0.00539 e. The van der Waals surface area contributed by atoms with E-state index in [0.29, 0.717) is 0 Å². The molecule has 0 N–H and O–H groups in total. The van der Waals surface area contributed by atoms with Crippen LogP contribution in [0, 0.1) is 29.7 Å². The van der Waals surface area contributed by atoms with Crippen LogP contribution in [0.15, 0.2) is 48.5 Å². The Kier molecular flexibility index (Phi) is 9.71.